The van der Waals surface area contributed by atoms with Crippen molar-refractivity contribution in [2.75, 3.05) is 5.32 Å². The second-order valence-electron chi connectivity index (χ2n) is 3.72. The van der Waals surface area contributed by atoms with Crippen molar-refractivity contribution >= 4 is 22.3 Å². The monoisotopic (exact) mass is 239 g/mol. The molecular weight excluding hydrogens is 230 g/mol. The molecule has 0 radical (unpaired) electrons. The number of fused-ring (bicyclic) bond motifs is 1. The van der Waals surface area contributed by atoms with Crippen LogP contribution in [0.5, 0.6) is 0 Å². The second-order valence-corrected chi connectivity index (χ2v) is 3.72. The van der Waals surface area contributed by atoms with Gasteiger partial charge in [-0.1, -0.05) is 0 Å². The molecule has 2 N–H and O–H groups in total. The van der Waals surface area contributed by atoms with Crippen LogP contribution in [-0.2, 0) is 0 Å². The third kappa shape index (κ3) is 1.91. The Morgan fingerprint density at radius 3 is 2.89 bits per heavy atom. The summed E-state index contributed by atoms with van der Waals surface area (Å²) in [5.41, 5.74) is 2.12. The first-order valence-electron chi connectivity index (χ1n) is 5.34. The number of nitrogens with one attached hydrogen (secondary N) is 2. The van der Waals surface area contributed by atoms with Crippen molar-refractivity contribution in [3.8, 4) is 0 Å². The van der Waals surface area contributed by atoms with Gasteiger partial charge in [0.15, 0.2) is 0 Å². The van der Waals surface area contributed by atoms with Gasteiger partial charge < -0.3 is 10.3 Å². The minimum atomic E-state index is -0.156. The van der Waals surface area contributed by atoms with Gasteiger partial charge in [0.05, 0.1) is 35.3 Å². The van der Waals surface area contributed by atoms with Gasteiger partial charge in [-0.25, -0.2) is 4.98 Å². The topological polar surface area (TPSA) is 83.6 Å². The highest BCUT2D eigenvalue weighted by atomic mass is 16.1. The predicted octanol–water partition coefficient (Wildman–Crippen LogP) is 1.46. The number of anilines is 2. The molecule has 0 saturated carbocycles. The number of aromatic amines is 1. The third-order valence-electron chi connectivity index (χ3n) is 2.51. The molecule has 0 fully saturated rings. The summed E-state index contributed by atoms with van der Waals surface area (Å²) in [4.78, 5) is 18.3. The summed E-state index contributed by atoms with van der Waals surface area (Å²) in [7, 11) is 0. The minimum absolute atomic E-state index is 0.156. The first-order valence-corrected chi connectivity index (χ1v) is 5.34. The Balaban J connectivity index is 2.04. The van der Waals surface area contributed by atoms with Gasteiger partial charge in [0.25, 0.3) is 5.56 Å². The summed E-state index contributed by atoms with van der Waals surface area (Å²) in [5.74, 6) is 0. The molecular formula is C12H9N5O. The fourth-order valence-electron chi connectivity index (χ4n) is 1.68. The highest BCUT2D eigenvalue weighted by Gasteiger charge is 2.01. The van der Waals surface area contributed by atoms with Crippen molar-refractivity contribution in [1.82, 2.24) is 20.2 Å². The summed E-state index contributed by atoms with van der Waals surface area (Å²) >= 11 is 0. The van der Waals surface area contributed by atoms with E-state index in [0.717, 1.165) is 11.4 Å². The molecule has 3 aromatic rings. The highest BCUT2D eigenvalue weighted by Crippen LogP contribution is 2.18. The Kier molecular flexibility index (Phi) is 2.45. The Hall–Kier alpha value is -2.76. The average Bonchev–Trinajstić information content (AvgIpc) is 2.41. The average molecular weight is 239 g/mol. The summed E-state index contributed by atoms with van der Waals surface area (Å²) in [6.45, 7) is 0. The smallest absolute Gasteiger partial charge is 0.258 e. The molecule has 0 unspecified atom stereocenters. The lowest BCUT2D eigenvalue weighted by atomic mass is 10.2. The summed E-state index contributed by atoms with van der Waals surface area (Å²) in [5, 5.41) is 11.2. The Labute approximate surface area is 102 Å². The Morgan fingerprint density at radius 2 is 2.06 bits per heavy atom. The molecule has 1 aromatic carbocycles. The first kappa shape index (κ1) is 10.4. The van der Waals surface area contributed by atoms with Crippen LogP contribution in [0.4, 0.5) is 11.4 Å². The maximum atomic E-state index is 11.6. The van der Waals surface area contributed by atoms with Crippen molar-refractivity contribution < 1.29 is 0 Å². The largest absolute Gasteiger partial charge is 0.354 e. The van der Waals surface area contributed by atoms with Crippen LogP contribution in [0.3, 0.4) is 0 Å². The summed E-state index contributed by atoms with van der Waals surface area (Å²) in [6, 6.07) is 7.20. The molecule has 0 saturated heterocycles. The molecule has 2 heterocycles. The van der Waals surface area contributed by atoms with E-state index < -0.39 is 0 Å². The number of hydrogen-bond acceptors (Lipinski definition) is 5. The maximum absolute atomic E-state index is 11.6. The van der Waals surface area contributed by atoms with Gasteiger partial charge in [-0.05, 0) is 24.3 Å². The van der Waals surface area contributed by atoms with E-state index in [1.54, 1.807) is 30.6 Å². The molecule has 2 aromatic heterocycles. The normalized spacial score (nSPS) is 10.4. The number of rotatable bonds is 2. The van der Waals surface area contributed by atoms with Crippen molar-refractivity contribution in [2.24, 2.45) is 0 Å². The number of aromatic nitrogens is 4. The van der Waals surface area contributed by atoms with E-state index in [-0.39, 0.29) is 5.56 Å². The van der Waals surface area contributed by atoms with E-state index >= 15 is 0 Å². The number of H-pyrrole nitrogens is 1. The van der Waals surface area contributed by atoms with Crippen LogP contribution < -0.4 is 10.9 Å². The molecule has 0 aliphatic carbocycles. The molecule has 0 bridgehead atoms. The van der Waals surface area contributed by atoms with E-state index in [1.807, 2.05) is 6.07 Å². The van der Waals surface area contributed by atoms with Gasteiger partial charge in [0, 0.05) is 5.69 Å². The Bertz CT molecular complexity index is 738. The standard InChI is InChI=1S/C12H9N5O/c18-12-10-5-8(1-2-11(10)13-7-14-12)17-9-3-4-15-16-6-9/h1-7H,(H,15,17)(H,13,14,18). The van der Waals surface area contributed by atoms with Crippen LogP contribution in [0.1, 0.15) is 0 Å². The number of benzene rings is 1. The van der Waals surface area contributed by atoms with E-state index in [4.69, 9.17) is 0 Å². The van der Waals surface area contributed by atoms with Gasteiger partial charge in [-0.3, -0.25) is 4.79 Å². The molecule has 0 spiro atoms. The third-order valence-corrected chi connectivity index (χ3v) is 2.51. The molecule has 6 nitrogen and oxygen atoms in total. The maximum Gasteiger partial charge on any atom is 0.258 e. The van der Waals surface area contributed by atoms with E-state index in [1.165, 1.54) is 6.33 Å². The molecule has 0 amide bonds. The fraction of sp³-hybridized carbons (Fsp3) is 0. The summed E-state index contributed by atoms with van der Waals surface area (Å²) < 4.78 is 0. The molecule has 0 atom stereocenters. The van der Waals surface area contributed by atoms with Gasteiger partial charge >= 0.3 is 0 Å². The van der Waals surface area contributed by atoms with Crippen molar-refractivity contribution in [1.29, 1.82) is 0 Å². The van der Waals surface area contributed by atoms with Crippen LogP contribution >= 0.6 is 0 Å². The number of nitrogens with zero attached hydrogens (tertiary/aromatic N) is 3. The van der Waals surface area contributed by atoms with E-state index in [2.05, 4.69) is 25.5 Å². The first-order chi connectivity index (χ1) is 8.83. The molecule has 6 heteroatoms. The zero-order valence-corrected chi connectivity index (χ0v) is 9.29. The van der Waals surface area contributed by atoms with Crippen LogP contribution in [0, 0.1) is 0 Å². The summed E-state index contributed by atoms with van der Waals surface area (Å²) in [6.07, 6.45) is 4.60. The van der Waals surface area contributed by atoms with Crippen LogP contribution in [-0.4, -0.2) is 20.2 Å². The zero-order chi connectivity index (χ0) is 12.4. The van der Waals surface area contributed by atoms with Gasteiger partial charge in [0.2, 0.25) is 0 Å². The van der Waals surface area contributed by atoms with Crippen molar-refractivity contribution in [3.05, 3.63) is 53.3 Å². The highest BCUT2D eigenvalue weighted by molar-refractivity contribution is 5.82. The van der Waals surface area contributed by atoms with Crippen LogP contribution in [0.25, 0.3) is 10.9 Å². The molecule has 18 heavy (non-hydrogen) atoms. The van der Waals surface area contributed by atoms with Crippen molar-refractivity contribution in [3.63, 3.8) is 0 Å². The zero-order valence-electron chi connectivity index (χ0n) is 9.29. The van der Waals surface area contributed by atoms with E-state index in [9.17, 15) is 4.79 Å². The van der Waals surface area contributed by atoms with Gasteiger partial charge in [0.1, 0.15) is 0 Å². The van der Waals surface area contributed by atoms with Crippen molar-refractivity contribution in [2.45, 2.75) is 0 Å². The van der Waals surface area contributed by atoms with Crippen LogP contribution in [0.2, 0.25) is 0 Å². The van der Waals surface area contributed by atoms with E-state index in [0.29, 0.717) is 10.9 Å². The lowest BCUT2D eigenvalue weighted by Crippen LogP contribution is -2.06. The lowest BCUT2D eigenvalue weighted by molar-refractivity contribution is 1.03. The lowest BCUT2D eigenvalue weighted by Gasteiger charge is -2.05. The molecule has 88 valence electrons. The number of hydrogen-bond donors (Lipinski definition) is 2. The molecule has 0 aliphatic heterocycles. The van der Waals surface area contributed by atoms with Crippen LogP contribution in [0.15, 0.2) is 47.8 Å². The van der Waals surface area contributed by atoms with Gasteiger partial charge in [-0.15, -0.1) is 0 Å². The Morgan fingerprint density at radius 1 is 1.11 bits per heavy atom. The molecule has 3 rings (SSSR count). The minimum Gasteiger partial charge on any atom is -0.354 e. The SMILES string of the molecule is O=c1[nH]cnc2ccc(Nc3ccnnc3)cc12. The predicted molar refractivity (Wildman–Crippen MR) is 67.7 cm³/mol. The quantitative estimate of drug-likeness (QED) is 0.707. The second kappa shape index (κ2) is 4.25. The molecule has 0 aliphatic rings. The fourth-order valence-corrected chi connectivity index (χ4v) is 1.68. The van der Waals surface area contributed by atoms with Gasteiger partial charge in [-0.2, -0.15) is 10.2 Å².